The number of aromatic nitrogens is 3. The lowest BCUT2D eigenvalue weighted by atomic mass is 10.1. The molecule has 0 saturated carbocycles. The lowest BCUT2D eigenvalue weighted by Gasteiger charge is -2.22. The van der Waals surface area contributed by atoms with E-state index >= 15 is 0 Å². The number of hydrogen-bond donors (Lipinski definition) is 0. The average Bonchev–Trinajstić information content (AvgIpc) is 2.80. The van der Waals surface area contributed by atoms with Crippen LogP contribution in [-0.2, 0) is 4.74 Å². The highest BCUT2D eigenvalue weighted by Crippen LogP contribution is 2.32. The molecule has 0 amide bonds. The van der Waals surface area contributed by atoms with E-state index in [2.05, 4.69) is 15.0 Å². The lowest BCUT2D eigenvalue weighted by molar-refractivity contribution is 0.0571. The van der Waals surface area contributed by atoms with Crippen LogP contribution in [0.25, 0.3) is 10.9 Å². The highest BCUT2D eigenvalue weighted by Gasteiger charge is 2.39. The van der Waals surface area contributed by atoms with Gasteiger partial charge in [0.15, 0.2) is 5.67 Å². The third kappa shape index (κ3) is 2.31. The van der Waals surface area contributed by atoms with Gasteiger partial charge in [-0.05, 0) is 13.0 Å². The van der Waals surface area contributed by atoms with Crippen molar-refractivity contribution in [2.24, 2.45) is 0 Å². The van der Waals surface area contributed by atoms with Crippen molar-refractivity contribution in [3.8, 4) is 0 Å². The highest BCUT2D eigenvalue weighted by molar-refractivity contribution is 5.89. The molecule has 0 radical (unpaired) electrons. The third-order valence-electron chi connectivity index (χ3n) is 3.60. The van der Waals surface area contributed by atoms with Crippen LogP contribution in [-0.4, -0.2) is 47.4 Å². The van der Waals surface area contributed by atoms with Gasteiger partial charge in [-0.2, -0.15) is 0 Å². The topological polar surface area (TPSA) is 51.1 Å². The van der Waals surface area contributed by atoms with Gasteiger partial charge in [0.05, 0.1) is 24.9 Å². The molecule has 20 heavy (non-hydrogen) atoms. The Morgan fingerprint density at radius 2 is 2.30 bits per heavy atom. The number of pyridine rings is 1. The van der Waals surface area contributed by atoms with Crippen LogP contribution in [0, 0.1) is 6.92 Å². The monoisotopic (exact) mass is 276 g/mol. The first-order valence-corrected chi connectivity index (χ1v) is 6.62. The first-order valence-electron chi connectivity index (χ1n) is 6.62. The van der Waals surface area contributed by atoms with E-state index in [-0.39, 0.29) is 6.61 Å². The van der Waals surface area contributed by atoms with Crippen LogP contribution < -0.4 is 4.90 Å². The van der Waals surface area contributed by atoms with Gasteiger partial charge in [-0.1, -0.05) is 0 Å². The smallest absolute Gasteiger partial charge is 0.153 e. The summed E-state index contributed by atoms with van der Waals surface area (Å²) in [5.74, 6) is 1.45. The van der Waals surface area contributed by atoms with Crippen molar-refractivity contribution in [3.05, 3.63) is 24.3 Å². The second-order valence-electron chi connectivity index (χ2n) is 5.24. The minimum absolute atomic E-state index is 0.118. The zero-order valence-electron chi connectivity index (χ0n) is 11.6. The molecule has 0 spiro atoms. The summed E-state index contributed by atoms with van der Waals surface area (Å²) >= 11 is 0. The minimum atomic E-state index is -1.30. The second kappa shape index (κ2) is 4.94. The normalized spacial score (nSPS) is 22.6. The third-order valence-corrected chi connectivity index (χ3v) is 3.60. The zero-order valence-corrected chi connectivity index (χ0v) is 11.6. The second-order valence-corrected chi connectivity index (χ2v) is 5.24. The van der Waals surface area contributed by atoms with Crippen LogP contribution in [0.3, 0.4) is 0 Å². The molecule has 6 heteroatoms. The van der Waals surface area contributed by atoms with Crippen LogP contribution in [0.4, 0.5) is 10.2 Å². The van der Waals surface area contributed by atoms with Gasteiger partial charge in [-0.15, -0.1) is 0 Å². The number of aryl methyl sites for hydroxylation is 1. The molecule has 0 bridgehead atoms. The van der Waals surface area contributed by atoms with E-state index in [1.54, 1.807) is 12.4 Å². The van der Waals surface area contributed by atoms with Crippen molar-refractivity contribution >= 4 is 16.7 Å². The lowest BCUT2D eigenvalue weighted by Crippen LogP contribution is -2.33. The van der Waals surface area contributed by atoms with Crippen LogP contribution >= 0.6 is 0 Å². The molecule has 1 unspecified atom stereocenters. The predicted octanol–water partition coefficient (Wildman–Crippen LogP) is 1.90. The molecule has 3 heterocycles. The molecule has 2 aromatic rings. The largest absolute Gasteiger partial charge is 0.381 e. The molecular weight excluding hydrogens is 259 g/mol. The van der Waals surface area contributed by atoms with E-state index < -0.39 is 5.67 Å². The summed E-state index contributed by atoms with van der Waals surface area (Å²) in [7, 11) is 1.53. The number of methoxy groups -OCH3 is 1. The predicted molar refractivity (Wildman–Crippen MR) is 74.6 cm³/mol. The van der Waals surface area contributed by atoms with E-state index in [0.717, 1.165) is 16.7 Å². The number of halogens is 1. The Hall–Kier alpha value is -1.82. The molecule has 1 aliphatic heterocycles. The molecular formula is C14H17FN4O. The van der Waals surface area contributed by atoms with E-state index in [1.165, 1.54) is 7.11 Å². The Morgan fingerprint density at radius 3 is 3.10 bits per heavy atom. The Bertz CT molecular complexity index is 636. The fraction of sp³-hybridized carbons (Fsp3) is 0.500. The number of fused-ring (bicyclic) bond motifs is 1. The number of hydrogen-bond acceptors (Lipinski definition) is 5. The van der Waals surface area contributed by atoms with Gasteiger partial charge in [0.2, 0.25) is 0 Å². The van der Waals surface area contributed by atoms with Crippen molar-refractivity contribution in [1.82, 2.24) is 15.0 Å². The van der Waals surface area contributed by atoms with Crippen molar-refractivity contribution in [1.29, 1.82) is 0 Å². The van der Waals surface area contributed by atoms with Gasteiger partial charge >= 0.3 is 0 Å². The van der Waals surface area contributed by atoms with Gasteiger partial charge in [-0.3, -0.25) is 4.98 Å². The van der Waals surface area contributed by atoms with Crippen LogP contribution in [0.15, 0.2) is 18.5 Å². The summed E-state index contributed by atoms with van der Waals surface area (Å²) in [6.45, 7) is 2.89. The molecule has 3 rings (SSSR count). The van der Waals surface area contributed by atoms with Crippen LogP contribution in [0.2, 0.25) is 0 Å². The Labute approximate surface area is 116 Å². The Kier molecular flexibility index (Phi) is 3.25. The number of ether oxygens (including phenoxy) is 1. The number of nitrogens with zero attached hydrogens (tertiary/aromatic N) is 4. The highest BCUT2D eigenvalue weighted by atomic mass is 19.1. The van der Waals surface area contributed by atoms with Crippen LogP contribution in [0.1, 0.15) is 12.2 Å². The summed E-state index contributed by atoms with van der Waals surface area (Å²) in [6, 6.07) is 1.87. The summed E-state index contributed by atoms with van der Waals surface area (Å²) < 4.78 is 19.5. The van der Waals surface area contributed by atoms with E-state index in [9.17, 15) is 4.39 Å². The Morgan fingerprint density at radius 1 is 1.45 bits per heavy atom. The SMILES string of the molecule is COCC1(F)CCN(c2nc(C)nc3cnccc23)C1. The minimum Gasteiger partial charge on any atom is -0.381 e. The van der Waals surface area contributed by atoms with Gasteiger partial charge < -0.3 is 9.64 Å². The quantitative estimate of drug-likeness (QED) is 0.857. The fourth-order valence-corrected chi connectivity index (χ4v) is 2.71. The summed E-state index contributed by atoms with van der Waals surface area (Å²) in [4.78, 5) is 14.9. The van der Waals surface area contributed by atoms with Crippen molar-refractivity contribution in [2.75, 3.05) is 31.7 Å². The van der Waals surface area contributed by atoms with Gasteiger partial charge in [-0.25, -0.2) is 14.4 Å². The van der Waals surface area contributed by atoms with Crippen molar-refractivity contribution < 1.29 is 9.13 Å². The van der Waals surface area contributed by atoms with Crippen molar-refractivity contribution in [3.63, 3.8) is 0 Å². The molecule has 2 aromatic heterocycles. The van der Waals surface area contributed by atoms with Crippen LogP contribution in [0.5, 0.6) is 0 Å². The molecule has 1 saturated heterocycles. The maximum absolute atomic E-state index is 14.5. The molecule has 106 valence electrons. The van der Waals surface area contributed by atoms with E-state index in [4.69, 9.17) is 4.74 Å². The summed E-state index contributed by atoms with van der Waals surface area (Å²) in [6.07, 6.45) is 3.87. The molecule has 0 aliphatic carbocycles. The van der Waals surface area contributed by atoms with Gasteiger partial charge in [0, 0.05) is 31.7 Å². The molecule has 5 nitrogen and oxygen atoms in total. The maximum Gasteiger partial charge on any atom is 0.153 e. The molecule has 1 aliphatic rings. The maximum atomic E-state index is 14.5. The fourth-order valence-electron chi connectivity index (χ4n) is 2.71. The first kappa shape index (κ1) is 13.2. The molecule has 1 fully saturated rings. The Balaban J connectivity index is 1.99. The zero-order chi connectivity index (χ0) is 14.2. The summed E-state index contributed by atoms with van der Waals surface area (Å²) in [5, 5.41) is 0.910. The molecule has 0 N–H and O–H groups in total. The van der Waals surface area contributed by atoms with E-state index in [1.807, 2.05) is 17.9 Å². The molecule has 0 aromatic carbocycles. The average molecular weight is 276 g/mol. The number of rotatable bonds is 3. The van der Waals surface area contributed by atoms with E-state index in [0.29, 0.717) is 25.3 Å². The first-order chi connectivity index (χ1) is 9.61. The molecule has 1 atom stereocenters. The summed E-state index contributed by atoms with van der Waals surface area (Å²) in [5.41, 5.74) is -0.509. The van der Waals surface area contributed by atoms with Gasteiger partial charge in [0.25, 0.3) is 0 Å². The van der Waals surface area contributed by atoms with Gasteiger partial charge in [0.1, 0.15) is 11.6 Å². The number of alkyl halides is 1. The van der Waals surface area contributed by atoms with Crippen molar-refractivity contribution in [2.45, 2.75) is 19.0 Å². The standard InChI is InChI=1S/C14H17FN4O/c1-10-17-12-7-16-5-3-11(12)13(18-10)19-6-4-14(15,8-19)9-20-2/h3,5,7H,4,6,8-9H2,1-2H3. The number of anilines is 1.